The Bertz CT molecular complexity index is 981. The third-order valence-electron chi connectivity index (χ3n) is 8.71. The molecule has 2 aromatic carbocycles. The second kappa shape index (κ2) is 11.1. The number of hydrogen-bond donors (Lipinski definition) is 1. The number of benzene rings is 2. The molecule has 1 N–H and O–H groups in total. The molecule has 0 bridgehead atoms. The number of phenols is 1. The van der Waals surface area contributed by atoms with E-state index in [4.69, 9.17) is 4.74 Å². The lowest BCUT2D eigenvalue weighted by Crippen LogP contribution is -2.67. The van der Waals surface area contributed by atoms with Gasteiger partial charge in [0, 0.05) is 38.6 Å². The maximum Gasteiger partial charge on any atom is 0.222 e. The normalized spacial score (nSPS) is 26.8. The fourth-order valence-corrected chi connectivity index (χ4v) is 6.61. The zero-order valence-electron chi connectivity index (χ0n) is 21.7. The standard InChI is InChI=1S/C30H42N2O3/c1-31-20-19-29(25-14-10-15-27(33)21-25)22-26(17-18-30(29,23-31)35-3)32(2)28(34)16-9-5-8-13-24-11-6-4-7-12-24/h4,6-7,10-12,14-15,21,26,33H,5,8-9,13,16-20,22-23H2,1-3H3/t26-,29+,30+/m1/s1. The number of aromatic hydroxyl groups is 1. The second-order valence-electron chi connectivity index (χ2n) is 10.8. The molecular weight excluding hydrogens is 436 g/mol. The molecule has 0 aromatic heterocycles. The summed E-state index contributed by atoms with van der Waals surface area (Å²) < 4.78 is 6.34. The van der Waals surface area contributed by atoms with Crippen molar-refractivity contribution in [2.24, 2.45) is 0 Å². The number of fused-ring (bicyclic) bond motifs is 1. The van der Waals surface area contributed by atoms with E-state index in [2.05, 4.69) is 48.3 Å². The highest BCUT2D eigenvalue weighted by Crippen LogP contribution is 2.54. The van der Waals surface area contributed by atoms with Gasteiger partial charge in [-0.1, -0.05) is 48.9 Å². The van der Waals surface area contributed by atoms with Crippen molar-refractivity contribution < 1.29 is 14.6 Å². The number of rotatable bonds is 9. The highest BCUT2D eigenvalue weighted by molar-refractivity contribution is 5.76. The average molecular weight is 479 g/mol. The second-order valence-corrected chi connectivity index (χ2v) is 10.8. The fourth-order valence-electron chi connectivity index (χ4n) is 6.61. The molecule has 190 valence electrons. The van der Waals surface area contributed by atoms with E-state index < -0.39 is 0 Å². The minimum Gasteiger partial charge on any atom is -0.508 e. The van der Waals surface area contributed by atoms with Crippen LogP contribution in [0.25, 0.3) is 0 Å². The van der Waals surface area contributed by atoms with Crippen LogP contribution in [0.4, 0.5) is 0 Å². The molecule has 2 aromatic rings. The molecule has 3 atom stereocenters. The minimum atomic E-state index is -0.314. The Hall–Kier alpha value is -2.37. The summed E-state index contributed by atoms with van der Waals surface area (Å²) in [5.41, 5.74) is 1.97. The first-order valence-corrected chi connectivity index (χ1v) is 13.2. The van der Waals surface area contributed by atoms with Gasteiger partial charge < -0.3 is 19.6 Å². The minimum absolute atomic E-state index is 0.181. The molecule has 1 aliphatic carbocycles. The summed E-state index contributed by atoms with van der Waals surface area (Å²) in [4.78, 5) is 17.5. The first-order chi connectivity index (χ1) is 16.9. The third kappa shape index (κ3) is 5.41. The summed E-state index contributed by atoms with van der Waals surface area (Å²) in [6, 6.07) is 18.5. The Balaban J connectivity index is 1.41. The van der Waals surface area contributed by atoms with Crippen LogP contribution in [0.15, 0.2) is 54.6 Å². The molecule has 5 nitrogen and oxygen atoms in total. The van der Waals surface area contributed by atoms with E-state index >= 15 is 0 Å². The quantitative estimate of drug-likeness (QED) is 0.506. The molecule has 1 heterocycles. The number of amides is 1. The van der Waals surface area contributed by atoms with Crippen molar-refractivity contribution in [2.75, 3.05) is 34.3 Å². The van der Waals surface area contributed by atoms with Gasteiger partial charge in [0.15, 0.2) is 0 Å². The van der Waals surface area contributed by atoms with Crippen LogP contribution < -0.4 is 0 Å². The van der Waals surface area contributed by atoms with Crippen LogP contribution in [0.2, 0.25) is 0 Å². The van der Waals surface area contributed by atoms with Crippen LogP contribution in [0.3, 0.4) is 0 Å². The Morgan fingerprint density at radius 3 is 2.66 bits per heavy atom. The smallest absolute Gasteiger partial charge is 0.222 e. The van der Waals surface area contributed by atoms with Crippen LogP contribution in [0, 0.1) is 0 Å². The predicted molar refractivity (Wildman–Crippen MR) is 141 cm³/mol. The molecular formula is C30H42N2O3. The lowest BCUT2D eigenvalue weighted by molar-refractivity contribution is -0.157. The number of methoxy groups -OCH3 is 1. The predicted octanol–water partition coefficient (Wildman–Crippen LogP) is 5.16. The van der Waals surface area contributed by atoms with Gasteiger partial charge in [0.25, 0.3) is 0 Å². The topological polar surface area (TPSA) is 53.0 Å². The highest BCUT2D eigenvalue weighted by atomic mass is 16.5. The van der Waals surface area contributed by atoms with Gasteiger partial charge in [-0.05, 0) is 81.8 Å². The van der Waals surface area contributed by atoms with Crippen molar-refractivity contribution in [1.29, 1.82) is 0 Å². The van der Waals surface area contributed by atoms with Crippen molar-refractivity contribution >= 4 is 5.91 Å². The first-order valence-electron chi connectivity index (χ1n) is 13.2. The number of unbranched alkanes of at least 4 members (excludes halogenated alkanes) is 2. The van der Waals surface area contributed by atoms with Crippen molar-refractivity contribution in [3.05, 3.63) is 65.7 Å². The maximum atomic E-state index is 13.2. The number of likely N-dealkylation sites (N-methyl/N-ethyl adjacent to an activating group) is 1. The maximum absolute atomic E-state index is 13.2. The van der Waals surface area contributed by atoms with Gasteiger partial charge in [0.2, 0.25) is 5.91 Å². The van der Waals surface area contributed by atoms with Crippen LogP contribution in [0.5, 0.6) is 5.75 Å². The molecule has 1 amide bonds. The zero-order chi connectivity index (χ0) is 24.9. The Morgan fingerprint density at radius 2 is 1.91 bits per heavy atom. The van der Waals surface area contributed by atoms with E-state index in [1.807, 2.05) is 31.2 Å². The van der Waals surface area contributed by atoms with Gasteiger partial charge in [0.1, 0.15) is 5.75 Å². The summed E-state index contributed by atoms with van der Waals surface area (Å²) >= 11 is 0. The number of carbonyl (C=O) groups is 1. The number of ether oxygens (including phenoxy) is 1. The number of piperidine rings is 1. The molecule has 0 spiro atoms. The molecule has 5 heteroatoms. The third-order valence-corrected chi connectivity index (χ3v) is 8.71. The molecule has 1 aliphatic heterocycles. The van der Waals surface area contributed by atoms with Gasteiger partial charge in [-0.3, -0.25) is 4.79 Å². The summed E-state index contributed by atoms with van der Waals surface area (Å²) in [5.74, 6) is 0.543. The van der Waals surface area contributed by atoms with Crippen LogP contribution >= 0.6 is 0 Å². The summed E-state index contributed by atoms with van der Waals surface area (Å²) in [6.07, 6.45) is 8.49. The molecule has 1 saturated heterocycles. The van der Waals surface area contributed by atoms with Crippen LogP contribution in [0.1, 0.15) is 62.5 Å². The van der Waals surface area contributed by atoms with Gasteiger partial charge in [-0.25, -0.2) is 0 Å². The zero-order valence-corrected chi connectivity index (χ0v) is 21.7. The Kier molecular flexibility index (Phi) is 8.18. The number of likely N-dealkylation sites (tertiary alicyclic amines) is 1. The molecule has 2 aliphatic rings. The van der Waals surface area contributed by atoms with Crippen molar-refractivity contribution in [3.8, 4) is 5.75 Å². The summed E-state index contributed by atoms with van der Waals surface area (Å²) in [7, 11) is 5.98. The van der Waals surface area contributed by atoms with E-state index in [0.29, 0.717) is 12.2 Å². The number of aryl methyl sites for hydroxylation is 1. The van der Waals surface area contributed by atoms with Gasteiger partial charge >= 0.3 is 0 Å². The monoisotopic (exact) mass is 478 g/mol. The molecule has 0 unspecified atom stereocenters. The largest absolute Gasteiger partial charge is 0.508 e. The van der Waals surface area contributed by atoms with Crippen molar-refractivity contribution in [3.63, 3.8) is 0 Å². The van der Waals surface area contributed by atoms with Crippen molar-refractivity contribution in [1.82, 2.24) is 9.80 Å². The van der Waals surface area contributed by atoms with Gasteiger partial charge in [-0.15, -0.1) is 0 Å². The molecule has 2 fully saturated rings. The number of carbonyl (C=O) groups excluding carboxylic acids is 1. The van der Waals surface area contributed by atoms with E-state index in [1.54, 1.807) is 6.07 Å². The number of nitrogens with zero attached hydrogens (tertiary/aromatic N) is 2. The van der Waals surface area contributed by atoms with E-state index in [1.165, 1.54) is 5.56 Å². The van der Waals surface area contributed by atoms with Crippen LogP contribution in [-0.2, 0) is 21.4 Å². The lowest BCUT2D eigenvalue weighted by atomic mass is 9.55. The Morgan fingerprint density at radius 1 is 1.11 bits per heavy atom. The van der Waals surface area contributed by atoms with Gasteiger partial charge in [0.05, 0.1) is 5.60 Å². The average Bonchev–Trinajstić information content (AvgIpc) is 2.88. The SMILES string of the molecule is CO[C@]12CC[C@@H](N(C)C(=O)CCCCCc3ccccc3)C[C@]1(c1cccc(O)c1)CCN(C)C2. The Labute approximate surface area is 211 Å². The van der Waals surface area contributed by atoms with E-state index in [-0.39, 0.29) is 23.0 Å². The van der Waals surface area contributed by atoms with Crippen LogP contribution in [-0.4, -0.2) is 66.8 Å². The van der Waals surface area contributed by atoms with E-state index in [9.17, 15) is 9.90 Å². The molecule has 1 saturated carbocycles. The highest BCUT2D eigenvalue weighted by Gasteiger charge is 2.59. The van der Waals surface area contributed by atoms with Gasteiger partial charge in [-0.2, -0.15) is 0 Å². The first kappa shape index (κ1) is 25.7. The summed E-state index contributed by atoms with van der Waals surface area (Å²) in [5, 5.41) is 10.3. The molecule has 0 radical (unpaired) electrons. The molecule has 35 heavy (non-hydrogen) atoms. The summed E-state index contributed by atoms with van der Waals surface area (Å²) in [6.45, 7) is 1.84. The van der Waals surface area contributed by atoms with E-state index in [0.717, 1.165) is 70.0 Å². The number of hydrogen-bond acceptors (Lipinski definition) is 4. The fraction of sp³-hybridized carbons (Fsp3) is 0.567. The number of phenolic OH excluding ortho intramolecular Hbond substituents is 1. The van der Waals surface area contributed by atoms with Crippen molar-refractivity contribution in [2.45, 2.75) is 74.8 Å². The lowest BCUT2D eigenvalue weighted by Gasteiger charge is -2.60. The molecule has 4 rings (SSSR count).